The highest BCUT2D eigenvalue weighted by molar-refractivity contribution is 9.09. The third kappa shape index (κ3) is 2.95. The summed E-state index contributed by atoms with van der Waals surface area (Å²) in [5, 5.41) is 8.94. The van der Waals surface area contributed by atoms with Crippen molar-refractivity contribution in [3.63, 3.8) is 0 Å². The standard InChI is InChI=1S/C9H6BrF3O2/c10-4-8(15)5-1-6(9(11,12)13)3-7(14)2-5/h1-3,14H,4H2. The molecule has 82 valence electrons. The van der Waals surface area contributed by atoms with Crippen LogP contribution in [0.3, 0.4) is 0 Å². The van der Waals surface area contributed by atoms with Crippen LogP contribution in [0.15, 0.2) is 18.2 Å². The molecule has 0 amide bonds. The molecule has 6 heteroatoms. The van der Waals surface area contributed by atoms with Gasteiger partial charge in [-0.1, -0.05) is 15.9 Å². The number of aromatic hydroxyl groups is 1. The number of phenolic OH excluding ortho intramolecular Hbond substituents is 1. The van der Waals surface area contributed by atoms with Crippen molar-refractivity contribution in [3.8, 4) is 5.75 Å². The molecular formula is C9H6BrF3O2. The van der Waals surface area contributed by atoms with Gasteiger partial charge in [0, 0.05) is 5.56 Å². The van der Waals surface area contributed by atoms with Gasteiger partial charge in [-0.15, -0.1) is 0 Å². The summed E-state index contributed by atoms with van der Waals surface area (Å²) in [7, 11) is 0. The van der Waals surface area contributed by atoms with E-state index < -0.39 is 23.3 Å². The van der Waals surface area contributed by atoms with E-state index in [1.54, 1.807) is 0 Å². The topological polar surface area (TPSA) is 37.3 Å². The number of carbonyl (C=O) groups excluding carboxylic acids is 1. The molecule has 0 aliphatic rings. The number of rotatable bonds is 2. The summed E-state index contributed by atoms with van der Waals surface area (Å²) in [6.45, 7) is 0. The lowest BCUT2D eigenvalue weighted by Gasteiger charge is -2.08. The molecule has 2 nitrogen and oxygen atoms in total. The van der Waals surface area contributed by atoms with Crippen LogP contribution >= 0.6 is 15.9 Å². The Morgan fingerprint density at radius 2 is 1.93 bits per heavy atom. The maximum absolute atomic E-state index is 12.3. The highest BCUT2D eigenvalue weighted by Gasteiger charge is 2.31. The molecular weight excluding hydrogens is 277 g/mol. The first-order valence-corrected chi connectivity index (χ1v) is 4.97. The third-order valence-electron chi connectivity index (χ3n) is 1.69. The molecule has 0 aliphatic heterocycles. The quantitative estimate of drug-likeness (QED) is 0.669. The predicted molar refractivity (Wildman–Crippen MR) is 51.2 cm³/mol. The highest BCUT2D eigenvalue weighted by atomic mass is 79.9. The van der Waals surface area contributed by atoms with Gasteiger partial charge >= 0.3 is 6.18 Å². The summed E-state index contributed by atoms with van der Waals surface area (Å²) in [4.78, 5) is 11.1. The van der Waals surface area contributed by atoms with Crippen molar-refractivity contribution in [2.45, 2.75) is 6.18 Å². The Balaban J connectivity index is 3.23. The minimum atomic E-state index is -4.57. The summed E-state index contributed by atoms with van der Waals surface area (Å²) in [5.41, 5.74) is -1.20. The van der Waals surface area contributed by atoms with Crippen molar-refractivity contribution in [3.05, 3.63) is 29.3 Å². The first-order chi connectivity index (χ1) is 6.84. The van der Waals surface area contributed by atoms with E-state index in [4.69, 9.17) is 5.11 Å². The van der Waals surface area contributed by atoms with E-state index in [-0.39, 0.29) is 10.9 Å². The number of hydrogen-bond donors (Lipinski definition) is 1. The molecule has 0 heterocycles. The Morgan fingerprint density at radius 1 is 1.33 bits per heavy atom. The van der Waals surface area contributed by atoms with E-state index in [1.165, 1.54) is 0 Å². The lowest BCUT2D eigenvalue weighted by atomic mass is 10.1. The fraction of sp³-hybridized carbons (Fsp3) is 0.222. The molecule has 0 radical (unpaired) electrons. The SMILES string of the molecule is O=C(CBr)c1cc(O)cc(C(F)(F)F)c1. The fourth-order valence-electron chi connectivity index (χ4n) is 1.01. The molecule has 1 N–H and O–H groups in total. The first-order valence-electron chi connectivity index (χ1n) is 3.85. The Bertz CT molecular complexity index is 387. The molecule has 0 atom stereocenters. The lowest BCUT2D eigenvalue weighted by molar-refractivity contribution is -0.137. The zero-order chi connectivity index (χ0) is 11.6. The van der Waals surface area contributed by atoms with Crippen LogP contribution in [0.25, 0.3) is 0 Å². The minimum absolute atomic E-state index is 0.0895. The van der Waals surface area contributed by atoms with Crippen molar-refractivity contribution >= 4 is 21.7 Å². The average Bonchev–Trinajstić information content (AvgIpc) is 2.14. The summed E-state index contributed by atoms with van der Waals surface area (Å²) in [6, 6.07) is 2.28. The van der Waals surface area contributed by atoms with Crippen LogP contribution in [0.5, 0.6) is 5.75 Å². The molecule has 1 aromatic carbocycles. The van der Waals surface area contributed by atoms with Crippen LogP contribution < -0.4 is 0 Å². The van der Waals surface area contributed by atoms with Gasteiger partial charge < -0.3 is 5.11 Å². The van der Waals surface area contributed by atoms with Crippen LogP contribution in [0.2, 0.25) is 0 Å². The number of benzene rings is 1. The molecule has 0 saturated heterocycles. The first kappa shape index (κ1) is 12.0. The molecule has 0 fully saturated rings. The smallest absolute Gasteiger partial charge is 0.416 e. The molecule has 0 bridgehead atoms. The van der Waals surface area contributed by atoms with Crippen LogP contribution in [-0.2, 0) is 6.18 Å². The van der Waals surface area contributed by atoms with Crippen molar-refractivity contribution < 1.29 is 23.1 Å². The molecule has 0 saturated carbocycles. The second kappa shape index (κ2) is 4.22. The van der Waals surface area contributed by atoms with Crippen LogP contribution in [0.1, 0.15) is 15.9 Å². The summed E-state index contributed by atoms with van der Waals surface area (Å²) in [6.07, 6.45) is -4.57. The van der Waals surface area contributed by atoms with Gasteiger partial charge in [0.05, 0.1) is 10.9 Å². The number of phenols is 1. The largest absolute Gasteiger partial charge is 0.508 e. The van der Waals surface area contributed by atoms with Gasteiger partial charge in [-0.25, -0.2) is 0 Å². The second-order valence-electron chi connectivity index (χ2n) is 2.82. The van der Waals surface area contributed by atoms with E-state index in [2.05, 4.69) is 15.9 Å². The molecule has 1 aromatic rings. The third-order valence-corrected chi connectivity index (χ3v) is 2.20. The number of hydrogen-bond acceptors (Lipinski definition) is 2. The fourth-order valence-corrected chi connectivity index (χ4v) is 1.34. The number of Topliss-reactive ketones (excluding diaryl/α,β-unsaturated/α-hetero) is 1. The lowest BCUT2D eigenvalue weighted by Crippen LogP contribution is -2.08. The minimum Gasteiger partial charge on any atom is -0.508 e. The monoisotopic (exact) mass is 282 g/mol. The summed E-state index contributed by atoms with van der Waals surface area (Å²) < 4.78 is 36.8. The number of alkyl halides is 4. The predicted octanol–water partition coefficient (Wildman–Crippen LogP) is 2.99. The maximum atomic E-state index is 12.3. The molecule has 15 heavy (non-hydrogen) atoms. The molecule has 0 spiro atoms. The molecule has 0 unspecified atom stereocenters. The van der Waals surface area contributed by atoms with Gasteiger partial charge in [0.2, 0.25) is 0 Å². The number of ketones is 1. The Kier molecular flexibility index (Phi) is 3.38. The van der Waals surface area contributed by atoms with Crippen LogP contribution in [0.4, 0.5) is 13.2 Å². The molecule has 1 rings (SSSR count). The Hall–Kier alpha value is -1.04. The highest BCUT2D eigenvalue weighted by Crippen LogP contribution is 2.32. The van der Waals surface area contributed by atoms with Crippen molar-refractivity contribution in [2.75, 3.05) is 5.33 Å². The van der Waals surface area contributed by atoms with Gasteiger partial charge in [0.15, 0.2) is 5.78 Å². The summed E-state index contributed by atoms with van der Waals surface area (Å²) in [5.74, 6) is -1.09. The van der Waals surface area contributed by atoms with Gasteiger partial charge in [-0.05, 0) is 18.2 Å². The Labute approximate surface area is 91.8 Å². The van der Waals surface area contributed by atoms with E-state index in [9.17, 15) is 18.0 Å². The molecule has 0 aromatic heterocycles. The number of halogens is 4. The van der Waals surface area contributed by atoms with Gasteiger partial charge in [-0.2, -0.15) is 13.2 Å². The van der Waals surface area contributed by atoms with Crippen LogP contribution in [-0.4, -0.2) is 16.2 Å². The van der Waals surface area contributed by atoms with Gasteiger partial charge in [0.1, 0.15) is 5.75 Å². The van der Waals surface area contributed by atoms with E-state index in [0.717, 1.165) is 6.07 Å². The molecule has 0 aliphatic carbocycles. The van der Waals surface area contributed by atoms with Gasteiger partial charge in [0.25, 0.3) is 0 Å². The number of carbonyl (C=O) groups is 1. The Morgan fingerprint density at radius 3 is 2.40 bits per heavy atom. The van der Waals surface area contributed by atoms with Crippen molar-refractivity contribution in [1.82, 2.24) is 0 Å². The van der Waals surface area contributed by atoms with Crippen LogP contribution in [0, 0.1) is 0 Å². The average molecular weight is 283 g/mol. The van der Waals surface area contributed by atoms with E-state index in [1.807, 2.05) is 0 Å². The van der Waals surface area contributed by atoms with E-state index in [0.29, 0.717) is 12.1 Å². The maximum Gasteiger partial charge on any atom is 0.416 e. The van der Waals surface area contributed by atoms with Crippen molar-refractivity contribution in [2.24, 2.45) is 0 Å². The normalized spacial score (nSPS) is 11.5. The van der Waals surface area contributed by atoms with Crippen molar-refractivity contribution in [1.29, 1.82) is 0 Å². The zero-order valence-electron chi connectivity index (χ0n) is 7.31. The van der Waals surface area contributed by atoms with Gasteiger partial charge in [-0.3, -0.25) is 4.79 Å². The second-order valence-corrected chi connectivity index (χ2v) is 3.38. The summed E-state index contributed by atoms with van der Waals surface area (Å²) >= 11 is 2.84. The zero-order valence-corrected chi connectivity index (χ0v) is 8.89. The van der Waals surface area contributed by atoms with E-state index >= 15 is 0 Å².